The lowest BCUT2D eigenvalue weighted by Gasteiger charge is -2.19. The summed E-state index contributed by atoms with van der Waals surface area (Å²) in [5.74, 6) is 0.165. The van der Waals surface area contributed by atoms with Gasteiger partial charge in [-0.2, -0.15) is 0 Å². The Morgan fingerprint density at radius 2 is 2.00 bits per heavy atom. The normalized spacial score (nSPS) is 11.5. The number of aryl methyl sites for hydroxylation is 1. The third-order valence-electron chi connectivity index (χ3n) is 2.57. The molecular weight excluding hydrogens is 210 g/mol. The summed E-state index contributed by atoms with van der Waals surface area (Å²) in [5.41, 5.74) is 2.04. The molecule has 1 rings (SSSR count). The van der Waals surface area contributed by atoms with Crippen LogP contribution >= 0.6 is 0 Å². The van der Waals surface area contributed by atoms with Crippen molar-refractivity contribution in [1.29, 1.82) is 0 Å². The summed E-state index contributed by atoms with van der Waals surface area (Å²) in [6, 6.07) is 7.95. The van der Waals surface area contributed by atoms with Gasteiger partial charge in [-0.25, -0.2) is 0 Å². The Morgan fingerprint density at radius 3 is 2.59 bits per heavy atom. The highest BCUT2D eigenvalue weighted by molar-refractivity contribution is 5.97. The van der Waals surface area contributed by atoms with E-state index in [1.807, 2.05) is 18.2 Å². The van der Waals surface area contributed by atoms with Crippen LogP contribution in [0, 0.1) is 0 Å². The molecule has 0 radical (unpaired) electrons. The van der Waals surface area contributed by atoms with Crippen LogP contribution in [0.15, 0.2) is 24.3 Å². The van der Waals surface area contributed by atoms with Crippen molar-refractivity contribution in [3.8, 4) is 0 Å². The van der Waals surface area contributed by atoms with Gasteiger partial charge in [0.25, 0.3) is 0 Å². The summed E-state index contributed by atoms with van der Waals surface area (Å²) in [4.78, 5) is 12.0. The van der Waals surface area contributed by atoms with Gasteiger partial charge < -0.3 is 5.32 Å². The fraction of sp³-hybridized carbons (Fsp3) is 0.533. The van der Waals surface area contributed by atoms with Crippen LogP contribution < -0.4 is 5.32 Å². The Kier molecular flexibility index (Phi) is 4.88. The molecule has 0 bridgehead atoms. The first-order valence-corrected chi connectivity index (χ1v) is 6.29. The first-order chi connectivity index (χ1) is 7.92. The Hall–Kier alpha value is -1.15. The molecule has 17 heavy (non-hydrogen) atoms. The third kappa shape index (κ3) is 5.14. The zero-order valence-electron chi connectivity index (χ0n) is 11.3. The first-order valence-electron chi connectivity index (χ1n) is 6.29. The van der Waals surface area contributed by atoms with Crippen LogP contribution in [0.4, 0.5) is 0 Å². The molecule has 0 aliphatic rings. The predicted molar refractivity (Wildman–Crippen MR) is 72.5 cm³/mol. The summed E-state index contributed by atoms with van der Waals surface area (Å²) in [7, 11) is 0. The second-order valence-electron chi connectivity index (χ2n) is 5.48. The summed E-state index contributed by atoms with van der Waals surface area (Å²) in [5, 5.41) is 3.22. The van der Waals surface area contributed by atoms with Gasteiger partial charge in [0.2, 0.25) is 0 Å². The summed E-state index contributed by atoms with van der Waals surface area (Å²) < 4.78 is 0. The monoisotopic (exact) mass is 233 g/mol. The van der Waals surface area contributed by atoms with Crippen molar-refractivity contribution in [2.75, 3.05) is 6.54 Å². The number of Topliss-reactive ketones (excluding diaryl/α,β-unsaturated/α-hetero) is 1. The van der Waals surface area contributed by atoms with E-state index in [1.54, 1.807) is 0 Å². The SMILES string of the molecule is CCCc1cccc(C(=O)CNC(C)(C)C)c1. The maximum atomic E-state index is 12.0. The summed E-state index contributed by atoms with van der Waals surface area (Å²) in [6.07, 6.45) is 2.14. The van der Waals surface area contributed by atoms with E-state index in [9.17, 15) is 4.79 Å². The number of rotatable bonds is 5. The Bertz CT molecular complexity index is 377. The molecule has 2 nitrogen and oxygen atoms in total. The van der Waals surface area contributed by atoms with Crippen LogP contribution in [0.5, 0.6) is 0 Å². The highest BCUT2D eigenvalue weighted by Gasteiger charge is 2.12. The summed E-state index contributed by atoms with van der Waals surface area (Å²) >= 11 is 0. The highest BCUT2D eigenvalue weighted by atomic mass is 16.1. The molecule has 0 heterocycles. The molecule has 1 aromatic rings. The molecule has 0 aliphatic heterocycles. The van der Waals surface area contributed by atoms with E-state index in [0.29, 0.717) is 6.54 Å². The summed E-state index contributed by atoms with van der Waals surface area (Å²) in [6.45, 7) is 8.74. The Labute approximate surface area is 104 Å². The van der Waals surface area contributed by atoms with Gasteiger partial charge in [0.05, 0.1) is 6.54 Å². The van der Waals surface area contributed by atoms with E-state index in [1.165, 1.54) is 5.56 Å². The minimum atomic E-state index is -0.0172. The van der Waals surface area contributed by atoms with Crippen molar-refractivity contribution < 1.29 is 4.79 Å². The lowest BCUT2D eigenvalue weighted by molar-refractivity contribution is 0.0982. The maximum absolute atomic E-state index is 12.0. The standard InChI is InChI=1S/C15H23NO/c1-5-7-12-8-6-9-13(10-12)14(17)11-16-15(2,3)4/h6,8-10,16H,5,7,11H2,1-4H3. The minimum Gasteiger partial charge on any atom is -0.305 e. The predicted octanol–water partition coefficient (Wildman–Crippen LogP) is 3.21. The second-order valence-corrected chi connectivity index (χ2v) is 5.48. The van der Waals surface area contributed by atoms with Crippen molar-refractivity contribution in [2.24, 2.45) is 0 Å². The Balaban J connectivity index is 2.65. The maximum Gasteiger partial charge on any atom is 0.176 e. The first kappa shape index (κ1) is 13.9. The van der Waals surface area contributed by atoms with Gasteiger partial charge in [0, 0.05) is 11.1 Å². The molecule has 0 saturated heterocycles. The molecule has 0 saturated carbocycles. The number of hydrogen-bond acceptors (Lipinski definition) is 2. The fourth-order valence-electron chi connectivity index (χ4n) is 1.64. The number of ketones is 1. The van der Waals surface area contributed by atoms with Crippen molar-refractivity contribution in [2.45, 2.75) is 46.1 Å². The molecule has 0 spiro atoms. The lowest BCUT2D eigenvalue weighted by atomic mass is 10.0. The molecule has 0 fully saturated rings. The average Bonchev–Trinajstić information content (AvgIpc) is 2.26. The lowest BCUT2D eigenvalue weighted by Crippen LogP contribution is -2.39. The number of carbonyl (C=O) groups excluding carboxylic acids is 1. The topological polar surface area (TPSA) is 29.1 Å². The second kappa shape index (κ2) is 5.97. The van der Waals surface area contributed by atoms with E-state index >= 15 is 0 Å². The van der Waals surface area contributed by atoms with Gasteiger partial charge >= 0.3 is 0 Å². The van der Waals surface area contributed by atoms with E-state index < -0.39 is 0 Å². The smallest absolute Gasteiger partial charge is 0.176 e. The molecule has 94 valence electrons. The van der Waals surface area contributed by atoms with Gasteiger partial charge in [-0.05, 0) is 38.8 Å². The molecule has 0 unspecified atom stereocenters. The number of hydrogen-bond donors (Lipinski definition) is 1. The van der Waals surface area contributed by atoms with Gasteiger partial charge in [-0.15, -0.1) is 0 Å². The number of nitrogens with one attached hydrogen (secondary N) is 1. The van der Waals surface area contributed by atoms with Gasteiger partial charge in [-0.1, -0.05) is 31.5 Å². The quantitative estimate of drug-likeness (QED) is 0.791. The average molecular weight is 233 g/mol. The van der Waals surface area contributed by atoms with Crippen LogP contribution in [0.1, 0.15) is 50.0 Å². The third-order valence-corrected chi connectivity index (χ3v) is 2.57. The number of benzene rings is 1. The zero-order valence-corrected chi connectivity index (χ0v) is 11.3. The fourth-order valence-corrected chi connectivity index (χ4v) is 1.64. The zero-order chi connectivity index (χ0) is 12.9. The van der Waals surface area contributed by atoms with Crippen LogP contribution in [0.2, 0.25) is 0 Å². The van der Waals surface area contributed by atoms with Crippen molar-refractivity contribution in [3.63, 3.8) is 0 Å². The van der Waals surface area contributed by atoms with Crippen LogP contribution in [0.3, 0.4) is 0 Å². The molecule has 2 heteroatoms. The molecule has 1 aromatic carbocycles. The largest absolute Gasteiger partial charge is 0.305 e. The van der Waals surface area contributed by atoms with Crippen molar-refractivity contribution >= 4 is 5.78 Å². The van der Waals surface area contributed by atoms with Crippen molar-refractivity contribution in [1.82, 2.24) is 5.32 Å². The van der Waals surface area contributed by atoms with E-state index in [-0.39, 0.29) is 11.3 Å². The number of carbonyl (C=O) groups is 1. The van der Waals surface area contributed by atoms with Crippen LogP contribution in [-0.4, -0.2) is 17.9 Å². The molecule has 1 N–H and O–H groups in total. The van der Waals surface area contributed by atoms with Crippen LogP contribution in [0.25, 0.3) is 0 Å². The Morgan fingerprint density at radius 1 is 1.29 bits per heavy atom. The van der Waals surface area contributed by atoms with Crippen molar-refractivity contribution in [3.05, 3.63) is 35.4 Å². The minimum absolute atomic E-state index is 0.0172. The molecule has 0 aliphatic carbocycles. The van der Waals surface area contributed by atoms with E-state index in [2.05, 4.69) is 39.1 Å². The molecule has 0 aromatic heterocycles. The molecular formula is C15H23NO. The van der Waals surface area contributed by atoms with Gasteiger partial charge in [0.15, 0.2) is 5.78 Å². The molecule has 0 amide bonds. The highest BCUT2D eigenvalue weighted by Crippen LogP contribution is 2.08. The van der Waals surface area contributed by atoms with Gasteiger partial charge in [0.1, 0.15) is 0 Å². The molecule has 0 atom stereocenters. The van der Waals surface area contributed by atoms with E-state index in [4.69, 9.17) is 0 Å². The van der Waals surface area contributed by atoms with E-state index in [0.717, 1.165) is 18.4 Å². The van der Waals surface area contributed by atoms with Gasteiger partial charge in [-0.3, -0.25) is 4.79 Å². The van der Waals surface area contributed by atoms with Crippen LogP contribution in [-0.2, 0) is 6.42 Å².